The van der Waals surface area contributed by atoms with Crippen molar-refractivity contribution in [2.24, 2.45) is 0 Å². The van der Waals surface area contributed by atoms with Crippen LogP contribution >= 0.6 is 0 Å². The van der Waals surface area contributed by atoms with Crippen LogP contribution in [0.25, 0.3) is 6.08 Å². The first-order chi connectivity index (χ1) is 7.65. The summed E-state index contributed by atoms with van der Waals surface area (Å²) in [6.07, 6.45) is 4.08. The van der Waals surface area contributed by atoms with Gasteiger partial charge >= 0.3 is 5.97 Å². The fraction of sp³-hybridized carbons (Fsp3) is 0.500. The van der Waals surface area contributed by atoms with E-state index >= 15 is 0 Å². The standard InChI is InChI=1S/C10H12N2O4/c1-6-2-3-7(15-6)10-12-11-8(16-10)4-5-9(13)14/h4-7H,2-3H2,1H3,(H,13,14)/b5-4+. The highest BCUT2D eigenvalue weighted by Gasteiger charge is 2.27. The minimum Gasteiger partial charge on any atom is -0.478 e. The Kier molecular flexibility index (Phi) is 3.00. The molecule has 16 heavy (non-hydrogen) atoms. The topological polar surface area (TPSA) is 85.5 Å². The molecule has 6 heteroatoms. The zero-order valence-electron chi connectivity index (χ0n) is 8.79. The molecule has 0 spiro atoms. The SMILES string of the molecule is CC1CCC(c2nnc(/C=C/C(=O)O)o2)O1. The Morgan fingerprint density at radius 2 is 2.31 bits per heavy atom. The van der Waals surface area contributed by atoms with Gasteiger partial charge in [0.2, 0.25) is 11.8 Å². The van der Waals surface area contributed by atoms with Gasteiger partial charge in [-0.2, -0.15) is 0 Å². The van der Waals surface area contributed by atoms with E-state index in [2.05, 4.69) is 10.2 Å². The van der Waals surface area contributed by atoms with E-state index in [0.717, 1.165) is 18.9 Å². The van der Waals surface area contributed by atoms with Crippen LogP contribution in [-0.4, -0.2) is 27.4 Å². The van der Waals surface area contributed by atoms with Crippen LogP contribution in [0.2, 0.25) is 0 Å². The number of carboxylic acid groups (broad SMARTS) is 1. The third-order valence-corrected chi connectivity index (χ3v) is 2.33. The first kappa shape index (κ1) is 10.8. The lowest BCUT2D eigenvalue weighted by molar-refractivity contribution is -0.131. The molecule has 1 aliphatic rings. The largest absolute Gasteiger partial charge is 0.478 e. The number of carbonyl (C=O) groups is 1. The molecular weight excluding hydrogens is 212 g/mol. The normalized spacial score (nSPS) is 25.3. The summed E-state index contributed by atoms with van der Waals surface area (Å²) in [6, 6.07) is 0. The van der Waals surface area contributed by atoms with Gasteiger partial charge in [-0.15, -0.1) is 10.2 Å². The maximum Gasteiger partial charge on any atom is 0.328 e. The average molecular weight is 224 g/mol. The number of hydrogen-bond donors (Lipinski definition) is 1. The molecule has 0 radical (unpaired) electrons. The van der Waals surface area contributed by atoms with E-state index in [9.17, 15) is 4.79 Å². The number of carboxylic acids is 1. The third kappa shape index (κ3) is 2.46. The van der Waals surface area contributed by atoms with Crippen molar-refractivity contribution in [3.8, 4) is 0 Å². The minimum atomic E-state index is -1.05. The van der Waals surface area contributed by atoms with Crippen molar-refractivity contribution < 1.29 is 19.1 Å². The Morgan fingerprint density at radius 3 is 2.94 bits per heavy atom. The van der Waals surface area contributed by atoms with Gasteiger partial charge < -0.3 is 14.3 Å². The summed E-state index contributed by atoms with van der Waals surface area (Å²) < 4.78 is 10.8. The molecular formula is C10H12N2O4. The summed E-state index contributed by atoms with van der Waals surface area (Å²) in [5.41, 5.74) is 0. The van der Waals surface area contributed by atoms with Gasteiger partial charge in [0.25, 0.3) is 0 Å². The lowest BCUT2D eigenvalue weighted by Crippen LogP contribution is -2.01. The van der Waals surface area contributed by atoms with Crippen molar-refractivity contribution in [3.63, 3.8) is 0 Å². The molecule has 1 fully saturated rings. The Bertz CT molecular complexity index is 413. The second-order valence-electron chi connectivity index (χ2n) is 3.66. The number of nitrogens with zero attached hydrogens (tertiary/aromatic N) is 2. The van der Waals surface area contributed by atoms with Gasteiger partial charge in [0.05, 0.1) is 6.10 Å². The highest BCUT2D eigenvalue weighted by molar-refractivity contribution is 5.84. The van der Waals surface area contributed by atoms with Crippen LogP contribution in [0.1, 0.15) is 37.7 Å². The van der Waals surface area contributed by atoms with Gasteiger partial charge in [0.1, 0.15) is 6.10 Å². The Labute approximate surface area is 91.9 Å². The number of aliphatic carboxylic acids is 1. The Hall–Kier alpha value is -1.69. The third-order valence-electron chi connectivity index (χ3n) is 2.33. The van der Waals surface area contributed by atoms with Crippen molar-refractivity contribution in [1.82, 2.24) is 10.2 Å². The fourth-order valence-electron chi connectivity index (χ4n) is 1.57. The zero-order valence-corrected chi connectivity index (χ0v) is 8.79. The van der Waals surface area contributed by atoms with E-state index in [1.807, 2.05) is 6.92 Å². The smallest absolute Gasteiger partial charge is 0.328 e. The quantitative estimate of drug-likeness (QED) is 0.781. The molecule has 0 aromatic carbocycles. The van der Waals surface area contributed by atoms with Gasteiger partial charge in [0, 0.05) is 12.2 Å². The molecule has 2 unspecified atom stereocenters. The van der Waals surface area contributed by atoms with Crippen molar-refractivity contribution in [2.75, 3.05) is 0 Å². The predicted octanol–water partition coefficient (Wildman–Crippen LogP) is 1.41. The Morgan fingerprint density at radius 1 is 1.50 bits per heavy atom. The van der Waals surface area contributed by atoms with E-state index in [1.165, 1.54) is 6.08 Å². The number of aromatic nitrogens is 2. The fourth-order valence-corrected chi connectivity index (χ4v) is 1.57. The second-order valence-corrected chi connectivity index (χ2v) is 3.66. The molecule has 0 aliphatic carbocycles. The molecule has 2 atom stereocenters. The first-order valence-electron chi connectivity index (χ1n) is 5.05. The van der Waals surface area contributed by atoms with Crippen molar-refractivity contribution in [2.45, 2.75) is 32.0 Å². The van der Waals surface area contributed by atoms with E-state index in [0.29, 0.717) is 5.89 Å². The van der Waals surface area contributed by atoms with E-state index < -0.39 is 5.97 Å². The molecule has 0 saturated carbocycles. The van der Waals surface area contributed by atoms with Gasteiger partial charge in [-0.25, -0.2) is 4.79 Å². The molecule has 2 rings (SSSR count). The molecule has 1 aromatic rings. The lowest BCUT2D eigenvalue weighted by atomic mass is 10.2. The maximum absolute atomic E-state index is 10.3. The van der Waals surface area contributed by atoms with Crippen molar-refractivity contribution in [3.05, 3.63) is 17.9 Å². The number of rotatable bonds is 3. The van der Waals surface area contributed by atoms with Crippen LogP contribution in [0, 0.1) is 0 Å². The van der Waals surface area contributed by atoms with Gasteiger partial charge in [-0.05, 0) is 19.8 Å². The van der Waals surface area contributed by atoms with Crippen LogP contribution in [0.4, 0.5) is 0 Å². The summed E-state index contributed by atoms with van der Waals surface area (Å²) in [7, 11) is 0. The molecule has 2 heterocycles. The maximum atomic E-state index is 10.3. The lowest BCUT2D eigenvalue weighted by Gasteiger charge is -2.04. The summed E-state index contributed by atoms with van der Waals surface area (Å²) >= 11 is 0. The van der Waals surface area contributed by atoms with Crippen LogP contribution in [0.15, 0.2) is 10.5 Å². The molecule has 6 nitrogen and oxygen atoms in total. The first-order valence-corrected chi connectivity index (χ1v) is 5.05. The highest BCUT2D eigenvalue weighted by Crippen LogP contribution is 2.31. The molecule has 1 N–H and O–H groups in total. The van der Waals surface area contributed by atoms with Crippen LogP contribution in [-0.2, 0) is 9.53 Å². The number of ether oxygens (including phenoxy) is 1. The molecule has 1 aromatic heterocycles. The average Bonchev–Trinajstić information content (AvgIpc) is 2.83. The highest BCUT2D eigenvalue weighted by atomic mass is 16.5. The van der Waals surface area contributed by atoms with Gasteiger partial charge in [-0.1, -0.05) is 0 Å². The summed E-state index contributed by atoms with van der Waals surface area (Å²) in [4.78, 5) is 10.3. The molecule has 0 bridgehead atoms. The summed E-state index contributed by atoms with van der Waals surface area (Å²) in [6.45, 7) is 1.99. The number of hydrogen-bond acceptors (Lipinski definition) is 5. The molecule has 0 amide bonds. The zero-order chi connectivity index (χ0) is 11.5. The van der Waals surface area contributed by atoms with E-state index in [4.69, 9.17) is 14.3 Å². The molecule has 1 aliphatic heterocycles. The minimum absolute atomic E-state index is 0.158. The molecule has 1 saturated heterocycles. The van der Waals surface area contributed by atoms with Gasteiger partial charge in [0.15, 0.2) is 0 Å². The van der Waals surface area contributed by atoms with E-state index in [1.54, 1.807) is 0 Å². The van der Waals surface area contributed by atoms with Crippen LogP contribution in [0.3, 0.4) is 0 Å². The van der Waals surface area contributed by atoms with E-state index in [-0.39, 0.29) is 18.1 Å². The van der Waals surface area contributed by atoms with Crippen molar-refractivity contribution >= 4 is 12.0 Å². The summed E-state index contributed by atoms with van der Waals surface area (Å²) in [5.74, 6) is -0.458. The van der Waals surface area contributed by atoms with Crippen LogP contribution < -0.4 is 0 Å². The van der Waals surface area contributed by atoms with Gasteiger partial charge in [-0.3, -0.25) is 0 Å². The monoisotopic (exact) mass is 224 g/mol. The van der Waals surface area contributed by atoms with Crippen molar-refractivity contribution in [1.29, 1.82) is 0 Å². The summed E-state index contributed by atoms with van der Waals surface area (Å²) in [5, 5.41) is 16.0. The molecule has 86 valence electrons. The second kappa shape index (κ2) is 4.44. The Balaban J connectivity index is 2.05. The predicted molar refractivity (Wildman–Crippen MR) is 53.5 cm³/mol. The van der Waals surface area contributed by atoms with Crippen LogP contribution in [0.5, 0.6) is 0 Å².